The third kappa shape index (κ3) is 5.46. The molecule has 2 fully saturated rings. The molecule has 20 heavy (non-hydrogen) atoms. The Balaban J connectivity index is 0.000000204. The van der Waals surface area contributed by atoms with Crippen LogP contribution in [0.25, 0.3) is 0 Å². The third-order valence-corrected chi connectivity index (χ3v) is 3.57. The van der Waals surface area contributed by atoms with Crippen LogP contribution in [0.2, 0.25) is 0 Å². The molecule has 2 saturated heterocycles. The highest BCUT2D eigenvalue weighted by molar-refractivity contribution is 5.94. The third-order valence-electron chi connectivity index (χ3n) is 3.57. The number of piperazine rings is 2. The number of carbonyl (C=O) groups is 2. The molecule has 2 heterocycles. The Morgan fingerprint density at radius 3 is 2.15 bits per heavy atom. The number of hydrogen-bond acceptors (Lipinski definition) is 4. The summed E-state index contributed by atoms with van der Waals surface area (Å²) in [6, 6.07) is 0.343. The van der Waals surface area contributed by atoms with E-state index >= 15 is 0 Å². The van der Waals surface area contributed by atoms with Crippen LogP contribution in [0.5, 0.6) is 0 Å². The van der Waals surface area contributed by atoms with Gasteiger partial charge in [-0.2, -0.15) is 0 Å². The minimum Gasteiger partial charge on any atom is -0.345 e. The van der Waals surface area contributed by atoms with Gasteiger partial charge >= 0.3 is 0 Å². The molecule has 116 valence electrons. The normalized spacial score (nSPS) is 26.7. The quantitative estimate of drug-likeness (QED) is 0.549. The van der Waals surface area contributed by atoms with E-state index in [0.29, 0.717) is 6.04 Å². The number of amides is 2. The number of carbonyl (C=O) groups excluding carboxylic acids is 2. The van der Waals surface area contributed by atoms with E-state index in [0.717, 1.165) is 25.6 Å². The fourth-order valence-corrected chi connectivity index (χ4v) is 2.18. The van der Waals surface area contributed by atoms with Gasteiger partial charge in [0.15, 0.2) is 0 Å². The summed E-state index contributed by atoms with van der Waals surface area (Å²) >= 11 is 0. The van der Waals surface area contributed by atoms with E-state index in [-0.39, 0.29) is 30.3 Å². The fourth-order valence-electron chi connectivity index (χ4n) is 2.18. The zero-order valence-electron chi connectivity index (χ0n) is 13.0. The van der Waals surface area contributed by atoms with Crippen LogP contribution in [-0.4, -0.2) is 50.1 Å². The minimum atomic E-state index is -0.351. The maximum Gasteiger partial charge on any atom is 0.243 e. The summed E-state index contributed by atoms with van der Waals surface area (Å²) in [7, 11) is 0. The highest BCUT2D eigenvalue weighted by atomic mass is 16.2. The molecule has 2 aliphatic heterocycles. The molecular formula is C14H28N4O2. The molecular weight excluding hydrogens is 256 g/mol. The van der Waals surface area contributed by atoms with Gasteiger partial charge in [-0.05, 0) is 11.8 Å². The standard InChI is InChI=1S/C7H12N2O2.C7H16N2/c1-4(2)6-7(11)8-3-5(10)9-6;1-6(2)7-5-8-3-4-9-7/h4,6H,3H2,1-2H3,(H,8,11)(H,9,10);6-9H,3-5H2,1-2H3/t6-;7-/m01/s1. The summed E-state index contributed by atoms with van der Waals surface area (Å²) in [5, 5.41) is 11.9. The van der Waals surface area contributed by atoms with E-state index in [2.05, 4.69) is 35.1 Å². The summed E-state index contributed by atoms with van der Waals surface area (Å²) < 4.78 is 0. The van der Waals surface area contributed by atoms with Gasteiger partial charge in [0.1, 0.15) is 6.04 Å². The van der Waals surface area contributed by atoms with E-state index in [9.17, 15) is 9.59 Å². The summed E-state index contributed by atoms with van der Waals surface area (Å²) in [6.45, 7) is 11.8. The molecule has 2 atom stereocenters. The second kappa shape index (κ2) is 8.21. The van der Waals surface area contributed by atoms with E-state index in [1.165, 1.54) is 0 Å². The van der Waals surface area contributed by atoms with Crippen molar-refractivity contribution in [3.05, 3.63) is 0 Å². The maximum absolute atomic E-state index is 11.1. The molecule has 0 saturated carbocycles. The summed E-state index contributed by atoms with van der Waals surface area (Å²) in [6.07, 6.45) is 0. The smallest absolute Gasteiger partial charge is 0.243 e. The molecule has 0 radical (unpaired) electrons. The van der Waals surface area contributed by atoms with E-state index in [1.807, 2.05) is 13.8 Å². The Morgan fingerprint density at radius 1 is 1.05 bits per heavy atom. The first-order valence-electron chi connectivity index (χ1n) is 7.43. The van der Waals surface area contributed by atoms with Crippen LogP contribution in [-0.2, 0) is 9.59 Å². The van der Waals surface area contributed by atoms with Crippen LogP contribution in [0.1, 0.15) is 27.7 Å². The van der Waals surface area contributed by atoms with Gasteiger partial charge in [0.05, 0.1) is 6.54 Å². The monoisotopic (exact) mass is 284 g/mol. The maximum atomic E-state index is 11.1. The van der Waals surface area contributed by atoms with Crippen molar-refractivity contribution < 1.29 is 9.59 Å². The Kier molecular flexibility index (Phi) is 6.95. The lowest BCUT2D eigenvalue weighted by Gasteiger charge is -2.27. The first kappa shape index (κ1) is 16.9. The molecule has 0 aromatic rings. The van der Waals surface area contributed by atoms with Crippen molar-refractivity contribution in [2.24, 2.45) is 11.8 Å². The SMILES string of the molecule is CC(C)[C@@H]1NC(=O)CNC1=O.CC(C)[C@H]1CNCCN1. The second-order valence-corrected chi connectivity index (χ2v) is 6.02. The highest BCUT2D eigenvalue weighted by Gasteiger charge is 2.27. The number of rotatable bonds is 2. The molecule has 6 nitrogen and oxygen atoms in total. The molecule has 0 spiro atoms. The van der Waals surface area contributed by atoms with Crippen molar-refractivity contribution in [3.63, 3.8) is 0 Å². The van der Waals surface area contributed by atoms with Crippen molar-refractivity contribution >= 4 is 11.8 Å². The number of nitrogens with one attached hydrogen (secondary N) is 4. The van der Waals surface area contributed by atoms with Crippen molar-refractivity contribution in [1.29, 1.82) is 0 Å². The van der Waals surface area contributed by atoms with E-state index < -0.39 is 0 Å². The molecule has 0 unspecified atom stereocenters. The van der Waals surface area contributed by atoms with Gasteiger partial charge in [-0.25, -0.2) is 0 Å². The number of hydrogen-bond donors (Lipinski definition) is 4. The molecule has 0 aromatic carbocycles. The van der Waals surface area contributed by atoms with Gasteiger partial charge in [-0.1, -0.05) is 27.7 Å². The van der Waals surface area contributed by atoms with Crippen LogP contribution in [0.4, 0.5) is 0 Å². The van der Waals surface area contributed by atoms with Crippen LogP contribution in [0, 0.1) is 11.8 Å². The van der Waals surface area contributed by atoms with Gasteiger partial charge in [0, 0.05) is 25.7 Å². The molecule has 0 aromatic heterocycles. The first-order valence-corrected chi connectivity index (χ1v) is 7.43. The average molecular weight is 284 g/mol. The Labute approximate surface area is 121 Å². The van der Waals surface area contributed by atoms with Crippen LogP contribution < -0.4 is 21.3 Å². The van der Waals surface area contributed by atoms with E-state index in [1.54, 1.807) is 0 Å². The molecule has 2 aliphatic rings. The largest absolute Gasteiger partial charge is 0.345 e. The molecule has 2 amide bonds. The molecule has 0 bridgehead atoms. The zero-order chi connectivity index (χ0) is 15.1. The summed E-state index contributed by atoms with van der Waals surface area (Å²) in [4.78, 5) is 21.9. The lowest BCUT2D eigenvalue weighted by atomic mass is 10.0. The molecule has 2 rings (SSSR count). The predicted octanol–water partition coefficient (Wildman–Crippen LogP) is -0.539. The van der Waals surface area contributed by atoms with Gasteiger partial charge < -0.3 is 21.3 Å². The van der Waals surface area contributed by atoms with Crippen molar-refractivity contribution in [3.8, 4) is 0 Å². The molecule has 6 heteroatoms. The van der Waals surface area contributed by atoms with Crippen LogP contribution in [0.3, 0.4) is 0 Å². The van der Waals surface area contributed by atoms with E-state index in [4.69, 9.17) is 0 Å². The lowest BCUT2D eigenvalue weighted by molar-refractivity contribution is -0.134. The van der Waals surface area contributed by atoms with Crippen LogP contribution in [0.15, 0.2) is 0 Å². The minimum absolute atomic E-state index is 0.0837. The first-order chi connectivity index (χ1) is 9.41. The Morgan fingerprint density at radius 2 is 1.75 bits per heavy atom. The lowest BCUT2D eigenvalue weighted by Crippen LogP contribution is -2.58. The topological polar surface area (TPSA) is 82.3 Å². The fraction of sp³-hybridized carbons (Fsp3) is 0.857. The summed E-state index contributed by atoms with van der Waals surface area (Å²) in [5.74, 6) is 0.722. The van der Waals surface area contributed by atoms with Crippen LogP contribution >= 0.6 is 0 Å². The second-order valence-electron chi connectivity index (χ2n) is 6.02. The predicted molar refractivity (Wildman–Crippen MR) is 79.3 cm³/mol. The van der Waals surface area contributed by atoms with Gasteiger partial charge in [0.25, 0.3) is 0 Å². The van der Waals surface area contributed by atoms with Crippen molar-refractivity contribution in [1.82, 2.24) is 21.3 Å². The average Bonchev–Trinajstić information content (AvgIpc) is 2.43. The summed E-state index contributed by atoms with van der Waals surface area (Å²) in [5.41, 5.74) is 0. The molecule has 0 aliphatic carbocycles. The highest BCUT2D eigenvalue weighted by Crippen LogP contribution is 2.03. The van der Waals surface area contributed by atoms with Gasteiger partial charge in [-0.3, -0.25) is 9.59 Å². The van der Waals surface area contributed by atoms with Crippen molar-refractivity contribution in [2.45, 2.75) is 39.8 Å². The van der Waals surface area contributed by atoms with Gasteiger partial charge in [-0.15, -0.1) is 0 Å². The van der Waals surface area contributed by atoms with Gasteiger partial charge in [0.2, 0.25) is 11.8 Å². The zero-order valence-corrected chi connectivity index (χ0v) is 13.0. The molecule has 4 N–H and O–H groups in total. The Bertz CT molecular complexity index is 325. The van der Waals surface area contributed by atoms with Crippen molar-refractivity contribution in [2.75, 3.05) is 26.2 Å². The Hall–Kier alpha value is -1.14.